The van der Waals surface area contributed by atoms with Crippen LogP contribution in [0, 0.1) is 13.8 Å². The predicted molar refractivity (Wildman–Crippen MR) is 89.7 cm³/mol. The van der Waals surface area contributed by atoms with Gasteiger partial charge in [0.05, 0.1) is 21.5 Å². The molecule has 2 rings (SSSR count). The average Bonchev–Trinajstić information content (AvgIpc) is 2.95. The molecule has 2 heterocycles. The maximum absolute atomic E-state index is 12.2. The highest BCUT2D eigenvalue weighted by Gasteiger charge is 2.22. The number of thiophene rings is 2. The number of hydrogen-bond acceptors (Lipinski definition) is 5. The molecular weight excluding hydrogens is 374 g/mol. The second-order valence-corrected chi connectivity index (χ2v) is 7.82. The van der Waals surface area contributed by atoms with Gasteiger partial charge in [-0.2, -0.15) is 0 Å². The molecule has 1 amide bonds. The van der Waals surface area contributed by atoms with Crippen LogP contribution < -0.4 is 5.32 Å². The van der Waals surface area contributed by atoms with E-state index in [9.17, 15) is 9.59 Å². The Balaban J connectivity index is 2.29. The molecule has 0 aromatic carbocycles. The van der Waals surface area contributed by atoms with Crippen LogP contribution in [-0.2, 0) is 4.74 Å². The van der Waals surface area contributed by atoms with Crippen LogP contribution in [-0.4, -0.2) is 18.5 Å². The fourth-order valence-corrected chi connectivity index (χ4v) is 3.95. The van der Waals surface area contributed by atoms with Crippen molar-refractivity contribution in [2.45, 2.75) is 20.8 Å². The number of amides is 1. The monoisotopic (exact) mass is 387 g/mol. The lowest BCUT2D eigenvalue weighted by atomic mass is 10.1. The third-order valence-electron chi connectivity index (χ3n) is 2.92. The summed E-state index contributed by atoms with van der Waals surface area (Å²) in [7, 11) is 0. The van der Waals surface area contributed by atoms with E-state index in [-0.39, 0.29) is 5.91 Å². The molecule has 0 bridgehead atoms. The summed E-state index contributed by atoms with van der Waals surface area (Å²) in [5.74, 6) is -0.634. The number of esters is 1. The maximum Gasteiger partial charge on any atom is 0.341 e. The van der Waals surface area contributed by atoms with Crippen LogP contribution in [0.15, 0.2) is 15.2 Å². The predicted octanol–water partition coefficient (Wildman–Crippen LogP) is 4.62. The number of nitrogens with one attached hydrogen (secondary N) is 1. The Morgan fingerprint density at radius 2 is 2.10 bits per heavy atom. The average molecular weight is 388 g/mol. The maximum atomic E-state index is 12.2. The van der Waals surface area contributed by atoms with Crippen molar-refractivity contribution in [3.63, 3.8) is 0 Å². The Morgan fingerprint density at radius 3 is 2.67 bits per heavy atom. The lowest BCUT2D eigenvalue weighted by Gasteiger charge is -2.06. The highest BCUT2D eigenvalue weighted by Crippen LogP contribution is 2.33. The minimum Gasteiger partial charge on any atom is -0.462 e. The van der Waals surface area contributed by atoms with Crippen LogP contribution in [0.1, 0.15) is 38.1 Å². The van der Waals surface area contributed by atoms with Gasteiger partial charge in [-0.25, -0.2) is 4.79 Å². The molecule has 7 heteroatoms. The Bertz CT molecular complexity index is 690. The number of rotatable bonds is 4. The molecule has 2 aromatic rings. The molecule has 0 aliphatic rings. The molecular formula is C14H14BrNO3S2. The fraction of sp³-hybridized carbons (Fsp3) is 0.286. The van der Waals surface area contributed by atoms with Gasteiger partial charge in [0.1, 0.15) is 5.00 Å². The Labute approximate surface area is 139 Å². The van der Waals surface area contributed by atoms with Crippen molar-refractivity contribution in [2.24, 2.45) is 0 Å². The molecule has 0 atom stereocenters. The zero-order valence-electron chi connectivity index (χ0n) is 11.8. The number of aryl methyl sites for hydroxylation is 1. The molecule has 112 valence electrons. The summed E-state index contributed by atoms with van der Waals surface area (Å²) in [6.45, 7) is 5.83. The van der Waals surface area contributed by atoms with Crippen LogP contribution in [0.2, 0.25) is 0 Å². The normalized spacial score (nSPS) is 10.5. The van der Waals surface area contributed by atoms with Crippen LogP contribution in [0.5, 0.6) is 0 Å². The van der Waals surface area contributed by atoms with E-state index < -0.39 is 5.97 Å². The first-order valence-electron chi connectivity index (χ1n) is 6.26. The van der Waals surface area contributed by atoms with E-state index in [2.05, 4.69) is 21.2 Å². The van der Waals surface area contributed by atoms with Crippen molar-refractivity contribution in [2.75, 3.05) is 11.9 Å². The van der Waals surface area contributed by atoms with Crippen LogP contribution in [0.3, 0.4) is 0 Å². The molecule has 2 aromatic heterocycles. The highest BCUT2D eigenvalue weighted by molar-refractivity contribution is 9.11. The second kappa shape index (κ2) is 6.72. The smallest absolute Gasteiger partial charge is 0.341 e. The Hall–Kier alpha value is -1.18. The van der Waals surface area contributed by atoms with Crippen molar-refractivity contribution in [1.82, 2.24) is 0 Å². The first-order chi connectivity index (χ1) is 9.93. The number of carbonyl (C=O) groups is 2. The molecule has 0 fully saturated rings. The summed E-state index contributed by atoms with van der Waals surface area (Å²) >= 11 is 6.15. The van der Waals surface area contributed by atoms with E-state index in [1.807, 2.05) is 13.8 Å². The molecule has 4 nitrogen and oxygen atoms in total. The fourth-order valence-electron chi connectivity index (χ4n) is 1.77. The lowest BCUT2D eigenvalue weighted by Crippen LogP contribution is -2.14. The van der Waals surface area contributed by atoms with Gasteiger partial charge >= 0.3 is 5.97 Å². The van der Waals surface area contributed by atoms with E-state index in [0.29, 0.717) is 22.7 Å². The van der Waals surface area contributed by atoms with Crippen LogP contribution in [0.4, 0.5) is 5.00 Å². The molecule has 0 saturated carbocycles. The van der Waals surface area contributed by atoms with Crippen molar-refractivity contribution in [3.05, 3.63) is 36.8 Å². The minimum atomic E-state index is -0.402. The topological polar surface area (TPSA) is 55.4 Å². The largest absolute Gasteiger partial charge is 0.462 e. The third kappa shape index (κ3) is 3.53. The van der Waals surface area contributed by atoms with Gasteiger partial charge in [0.15, 0.2) is 0 Å². The highest BCUT2D eigenvalue weighted by atomic mass is 79.9. The minimum absolute atomic E-state index is 0.233. The SMILES string of the molecule is CCOC(=O)c1c(NC(=O)c2csc(Br)c2)sc(C)c1C. The second-order valence-electron chi connectivity index (χ2n) is 4.30. The van der Waals surface area contributed by atoms with Gasteiger partial charge in [-0.15, -0.1) is 22.7 Å². The number of carbonyl (C=O) groups excluding carboxylic acids is 2. The standard InChI is InChI=1S/C14H14BrNO3S2/c1-4-19-14(18)11-7(2)8(3)21-13(11)16-12(17)9-5-10(15)20-6-9/h5-6H,4H2,1-3H3,(H,16,17). The molecule has 0 unspecified atom stereocenters. The van der Waals surface area contributed by atoms with E-state index >= 15 is 0 Å². The van der Waals surface area contributed by atoms with E-state index in [4.69, 9.17) is 4.74 Å². The van der Waals surface area contributed by atoms with Gasteiger partial charge in [0, 0.05) is 10.3 Å². The lowest BCUT2D eigenvalue weighted by molar-refractivity contribution is 0.0527. The number of hydrogen-bond donors (Lipinski definition) is 1. The van der Waals surface area contributed by atoms with Gasteiger partial charge in [-0.3, -0.25) is 4.79 Å². The molecule has 0 aliphatic heterocycles. The summed E-state index contributed by atoms with van der Waals surface area (Å²) in [6, 6.07) is 1.75. The van der Waals surface area contributed by atoms with Gasteiger partial charge in [0.2, 0.25) is 0 Å². The quantitative estimate of drug-likeness (QED) is 0.778. The van der Waals surface area contributed by atoms with Crippen molar-refractivity contribution in [3.8, 4) is 0 Å². The zero-order valence-corrected chi connectivity index (χ0v) is 15.0. The van der Waals surface area contributed by atoms with Gasteiger partial charge in [-0.05, 0) is 48.3 Å². The summed E-state index contributed by atoms with van der Waals surface area (Å²) < 4.78 is 5.95. The van der Waals surface area contributed by atoms with Gasteiger partial charge in [-0.1, -0.05) is 0 Å². The number of halogens is 1. The Kier molecular flexibility index (Phi) is 5.18. The summed E-state index contributed by atoms with van der Waals surface area (Å²) in [5, 5.41) is 5.10. The molecule has 0 radical (unpaired) electrons. The molecule has 0 saturated heterocycles. The van der Waals surface area contributed by atoms with Gasteiger partial charge in [0.25, 0.3) is 5.91 Å². The number of anilines is 1. The van der Waals surface area contributed by atoms with Crippen LogP contribution in [0.25, 0.3) is 0 Å². The van der Waals surface area contributed by atoms with Gasteiger partial charge < -0.3 is 10.1 Å². The Morgan fingerprint density at radius 1 is 1.38 bits per heavy atom. The van der Waals surface area contributed by atoms with Crippen LogP contribution >= 0.6 is 38.6 Å². The molecule has 0 aliphatic carbocycles. The van der Waals surface area contributed by atoms with Crippen molar-refractivity contribution in [1.29, 1.82) is 0 Å². The number of ether oxygens (including phenoxy) is 1. The molecule has 21 heavy (non-hydrogen) atoms. The third-order valence-corrected chi connectivity index (χ3v) is 5.55. The summed E-state index contributed by atoms with van der Waals surface area (Å²) in [4.78, 5) is 25.2. The van der Waals surface area contributed by atoms with E-state index in [1.165, 1.54) is 22.7 Å². The van der Waals surface area contributed by atoms with Crippen molar-refractivity contribution < 1.29 is 14.3 Å². The zero-order chi connectivity index (χ0) is 15.6. The van der Waals surface area contributed by atoms with E-state index in [0.717, 1.165) is 14.2 Å². The first kappa shape index (κ1) is 16.2. The summed E-state index contributed by atoms with van der Waals surface area (Å²) in [5.41, 5.74) is 1.85. The first-order valence-corrected chi connectivity index (χ1v) is 8.75. The summed E-state index contributed by atoms with van der Waals surface area (Å²) in [6.07, 6.45) is 0. The molecule has 0 spiro atoms. The van der Waals surface area contributed by atoms with Crippen molar-refractivity contribution >= 4 is 55.5 Å². The van der Waals surface area contributed by atoms with E-state index in [1.54, 1.807) is 18.4 Å². The molecule has 1 N–H and O–H groups in total.